The summed E-state index contributed by atoms with van der Waals surface area (Å²) in [6.07, 6.45) is 1.40. The summed E-state index contributed by atoms with van der Waals surface area (Å²) in [6.45, 7) is 3.51. The van der Waals surface area contributed by atoms with Gasteiger partial charge in [0.2, 0.25) is 0 Å². The Bertz CT molecular complexity index is 698. The molecule has 0 fully saturated rings. The average molecular weight is 287 g/mol. The van der Waals surface area contributed by atoms with Crippen molar-refractivity contribution in [3.8, 4) is 0 Å². The first-order valence-corrected chi connectivity index (χ1v) is 6.57. The van der Waals surface area contributed by atoms with Crippen molar-refractivity contribution in [2.75, 3.05) is 11.4 Å². The number of hydrogen-bond acceptors (Lipinski definition) is 4. The summed E-state index contributed by atoms with van der Waals surface area (Å²) in [6, 6.07) is 7.16. The zero-order valence-electron chi connectivity index (χ0n) is 11.9. The van der Waals surface area contributed by atoms with Crippen LogP contribution >= 0.6 is 0 Å². The zero-order valence-corrected chi connectivity index (χ0v) is 11.9. The van der Waals surface area contributed by atoms with E-state index >= 15 is 0 Å². The third-order valence-corrected chi connectivity index (χ3v) is 3.23. The van der Waals surface area contributed by atoms with E-state index in [9.17, 15) is 9.59 Å². The first-order chi connectivity index (χ1) is 9.91. The fourth-order valence-corrected chi connectivity index (χ4v) is 2.28. The fraction of sp³-hybridized carbons (Fsp3) is 0.267. The average Bonchev–Trinajstić information content (AvgIpc) is 2.43. The van der Waals surface area contributed by atoms with Crippen molar-refractivity contribution in [1.82, 2.24) is 4.98 Å². The number of primary amides is 1. The molecule has 2 aromatic rings. The molecule has 0 bridgehead atoms. The monoisotopic (exact) mass is 287 g/mol. The Morgan fingerprint density at radius 2 is 2.00 bits per heavy atom. The van der Waals surface area contributed by atoms with Gasteiger partial charge in [-0.05, 0) is 19.9 Å². The third kappa shape index (κ3) is 2.94. The van der Waals surface area contributed by atoms with E-state index in [0.29, 0.717) is 16.6 Å². The molecule has 0 aliphatic carbocycles. The largest absolute Gasteiger partial charge is 0.480 e. The standard InChI is InChI=1S/C15H17N3O3/c1-9(2)18(8-13(19)20)14-10-5-3-4-6-12(10)17-7-11(14)15(16)21/h3-7,9H,8H2,1-2H3,(H2,16,21)(H,19,20). The van der Waals surface area contributed by atoms with Gasteiger partial charge >= 0.3 is 5.97 Å². The molecule has 0 atom stereocenters. The lowest BCUT2D eigenvalue weighted by Gasteiger charge is -2.29. The number of carbonyl (C=O) groups is 2. The molecule has 0 aliphatic heterocycles. The number of amides is 1. The molecule has 0 saturated heterocycles. The van der Waals surface area contributed by atoms with E-state index in [0.717, 1.165) is 0 Å². The summed E-state index contributed by atoms with van der Waals surface area (Å²) in [5, 5.41) is 9.83. The van der Waals surface area contributed by atoms with Crippen molar-refractivity contribution in [3.63, 3.8) is 0 Å². The van der Waals surface area contributed by atoms with Gasteiger partial charge in [-0.1, -0.05) is 18.2 Å². The molecule has 6 nitrogen and oxygen atoms in total. The van der Waals surface area contributed by atoms with Crippen molar-refractivity contribution >= 4 is 28.5 Å². The number of para-hydroxylation sites is 1. The lowest BCUT2D eigenvalue weighted by Crippen LogP contribution is -2.37. The van der Waals surface area contributed by atoms with E-state index in [-0.39, 0.29) is 18.2 Å². The molecular formula is C15H17N3O3. The Labute approximate surface area is 122 Å². The summed E-state index contributed by atoms with van der Waals surface area (Å²) < 4.78 is 0. The van der Waals surface area contributed by atoms with Crippen LogP contribution < -0.4 is 10.6 Å². The van der Waals surface area contributed by atoms with Crippen molar-refractivity contribution < 1.29 is 14.7 Å². The van der Waals surface area contributed by atoms with E-state index < -0.39 is 11.9 Å². The van der Waals surface area contributed by atoms with Crippen LogP contribution in [0.5, 0.6) is 0 Å². The quantitative estimate of drug-likeness (QED) is 0.871. The number of anilines is 1. The van der Waals surface area contributed by atoms with Crippen LogP contribution in [-0.4, -0.2) is 34.6 Å². The maximum absolute atomic E-state index is 11.7. The van der Waals surface area contributed by atoms with Crippen LogP contribution in [0.2, 0.25) is 0 Å². The first-order valence-electron chi connectivity index (χ1n) is 6.57. The van der Waals surface area contributed by atoms with Crippen LogP contribution in [0.3, 0.4) is 0 Å². The number of hydrogen-bond donors (Lipinski definition) is 2. The number of carbonyl (C=O) groups excluding carboxylic acids is 1. The summed E-state index contributed by atoms with van der Waals surface area (Å²) in [7, 11) is 0. The number of nitrogens with two attached hydrogens (primary N) is 1. The number of benzene rings is 1. The number of aliphatic carboxylic acids is 1. The minimum Gasteiger partial charge on any atom is -0.480 e. The number of rotatable bonds is 5. The Kier molecular flexibility index (Phi) is 4.07. The molecule has 1 amide bonds. The van der Waals surface area contributed by atoms with E-state index in [1.165, 1.54) is 6.20 Å². The summed E-state index contributed by atoms with van der Waals surface area (Å²) >= 11 is 0. The maximum atomic E-state index is 11.7. The second-order valence-corrected chi connectivity index (χ2v) is 5.02. The lowest BCUT2D eigenvalue weighted by atomic mass is 10.1. The van der Waals surface area contributed by atoms with Gasteiger partial charge in [-0.2, -0.15) is 0 Å². The molecule has 0 radical (unpaired) electrons. The SMILES string of the molecule is CC(C)N(CC(=O)O)c1c(C(N)=O)cnc2ccccc12. The van der Waals surface area contributed by atoms with Gasteiger partial charge < -0.3 is 15.7 Å². The molecule has 1 aromatic carbocycles. The van der Waals surface area contributed by atoms with E-state index in [4.69, 9.17) is 10.8 Å². The second kappa shape index (κ2) is 5.78. The first kappa shape index (κ1) is 14.8. The molecule has 0 unspecified atom stereocenters. The Hall–Kier alpha value is -2.63. The van der Waals surface area contributed by atoms with Crippen molar-refractivity contribution in [3.05, 3.63) is 36.0 Å². The summed E-state index contributed by atoms with van der Waals surface area (Å²) in [5.41, 5.74) is 6.85. The molecule has 1 aromatic heterocycles. The molecule has 0 spiro atoms. The van der Waals surface area contributed by atoms with Crippen LogP contribution in [0.15, 0.2) is 30.5 Å². The molecular weight excluding hydrogens is 270 g/mol. The number of carboxylic acids is 1. The van der Waals surface area contributed by atoms with Gasteiger partial charge in [-0.15, -0.1) is 0 Å². The number of fused-ring (bicyclic) bond motifs is 1. The van der Waals surface area contributed by atoms with Crippen LogP contribution in [0.1, 0.15) is 24.2 Å². The number of carboxylic acid groups (broad SMARTS) is 1. The summed E-state index contributed by atoms with van der Waals surface area (Å²) in [5.74, 6) is -1.60. The highest BCUT2D eigenvalue weighted by Crippen LogP contribution is 2.30. The van der Waals surface area contributed by atoms with Crippen LogP contribution in [0.25, 0.3) is 10.9 Å². The van der Waals surface area contributed by atoms with Crippen LogP contribution in [-0.2, 0) is 4.79 Å². The van der Waals surface area contributed by atoms with Gasteiger partial charge in [0.1, 0.15) is 6.54 Å². The highest BCUT2D eigenvalue weighted by Gasteiger charge is 2.22. The van der Waals surface area contributed by atoms with Gasteiger partial charge in [0.15, 0.2) is 0 Å². The predicted octanol–water partition coefficient (Wildman–Crippen LogP) is 1.63. The molecule has 1 heterocycles. The normalized spacial score (nSPS) is 10.8. The highest BCUT2D eigenvalue weighted by molar-refractivity contribution is 6.07. The summed E-state index contributed by atoms with van der Waals surface area (Å²) in [4.78, 5) is 28.7. The fourth-order valence-electron chi connectivity index (χ4n) is 2.28. The Balaban J connectivity index is 2.75. The number of nitrogens with zero attached hydrogens (tertiary/aromatic N) is 2. The molecule has 2 rings (SSSR count). The van der Waals surface area contributed by atoms with Gasteiger partial charge in [-0.3, -0.25) is 14.6 Å². The minimum atomic E-state index is -0.972. The van der Waals surface area contributed by atoms with Gasteiger partial charge in [0.05, 0.1) is 16.8 Å². The van der Waals surface area contributed by atoms with Gasteiger partial charge in [0, 0.05) is 17.6 Å². The highest BCUT2D eigenvalue weighted by atomic mass is 16.4. The predicted molar refractivity (Wildman–Crippen MR) is 80.4 cm³/mol. The number of aromatic nitrogens is 1. The van der Waals surface area contributed by atoms with E-state index in [2.05, 4.69) is 4.98 Å². The molecule has 0 saturated carbocycles. The molecule has 6 heteroatoms. The smallest absolute Gasteiger partial charge is 0.323 e. The van der Waals surface area contributed by atoms with Gasteiger partial charge in [0.25, 0.3) is 5.91 Å². The Morgan fingerprint density at radius 3 is 2.57 bits per heavy atom. The maximum Gasteiger partial charge on any atom is 0.323 e. The van der Waals surface area contributed by atoms with Crippen molar-refractivity contribution in [2.24, 2.45) is 5.73 Å². The van der Waals surface area contributed by atoms with E-state index in [1.807, 2.05) is 32.0 Å². The zero-order chi connectivity index (χ0) is 15.6. The van der Waals surface area contributed by atoms with Crippen molar-refractivity contribution in [2.45, 2.75) is 19.9 Å². The van der Waals surface area contributed by atoms with Crippen LogP contribution in [0, 0.1) is 0 Å². The van der Waals surface area contributed by atoms with Crippen molar-refractivity contribution in [1.29, 1.82) is 0 Å². The van der Waals surface area contributed by atoms with Crippen LogP contribution in [0.4, 0.5) is 5.69 Å². The molecule has 3 N–H and O–H groups in total. The molecule has 21 heavy (non-hydrogen) atoms. The minimum absolute atomic E-state index is 0.106. The van der Waals surface area contributed by atoms with Gasteiger partial charge in [-0.25, -0.2) is 0 Å². The second-order valence-electron chi connectivity index (χ2n) is 5.02. The topological polar surface area (TPSA) is 96.5 Å². The lowest BCUT2D eigenvalue weighted by molar-refractivity contribution is -0.135. The van der Waals surface area contributed by atoms with E-state index in [1.54, 1.807) is 11.0 Å². The molecule has 0 aliphatic rings. The number of pyridine rings is 1. The third-order valence-electron chi connectivity index (χ3n) is 3.23. The molecule has 110 valence electrons. The Morgan fingerprint density at radius 1 is 1.33 bits per heavy atom.